The van der Waals surface area contributed by atoms with Gasteiger partial charge in [-0.15, -0.1) is 0 Å². The molecule has 112 valence electrons. The monoisotopic (exact) mass is 278 g/mol. The highest BCUT2D eigenvalue weighted by Crippen LogP contribution is 2.20. The molecule has 0 amide bonds. The summed E-state index contributed by atoms with van der Waals surface area (Å²) in [5.41, 5.74) is 1.21. The Hall–Kier alpha value is -1.64. The van der Waals surface area contributed by atoms with Gasteiger partial charge in [-0.1, -0.05) is 24.3 Å². The van der Waals surface area contributed by atoms with Crippen molar-refractivity contribution in [1.82, 2.24) is 0 Å². The molecule has 0 aromatic heterocycles. The summed E-state index contributed by atoms with van der Waals surface area (Å²) in [6.07, 6.45) is 7.17. The van der Waals surface area contributed by atoms with E-state index in [1.807, 2.05) is 39.8 Å². The van der Waals surface area contributed by atoms with Crippen LogP contribution in [-0.2, 0) is 14.3 Å². The van der Waals surface area contributed by atoms with Crippen LogP contribution in [0, 0.1) is 0 Å². The fourth-order valence-corrected chi connectivity index (χ4v) is 1.67. The van der Waals surface area contributed by atoms with Crippen molar-refractivity contribution in [2.45, 2.75) is 59.5 Å². The molecule has 0 aliphatic carbocycles. The summed E-state index contributed by atoms with van der Waals surface area (Å²) in [6.45, 7) is 12.7. The first-order valence-corrected chi connectivity index (χ1v) is 6.86. The van der Waals surface area contributed by atoms with Gasteiger partial charge in [-0.3, -0.25) is 9.59 Å². The van der Waals surface area contributed by atoms with E-state index in [0.717, 1.165) is 11.1 Å². The normalized spacial score (nSPS) is 14.2. The number of hydrogen-bond acceptors (Lipinski definition) is 3. The van der Waals surface area contributed by atoms with Gasteiger partial charge in [0, 0.05) is 13.3 Å². The summed E-state index contributed by atoms with van der Waals surface area (Å²) in [4.78, 5) is 22.9. The molecule has 3 nitrogen and oxygen atoms in total. The van der Waals surface area contributed by atoms with E-state index in [1.165, 1.54) is 6.92 Å². The minimum absolute atomic E-state index is 0.124. The highest BCUT2D eigenvalue weighted by molar-refractivity contribution is 5.95. The van der Waals surface area contributed by atoms with Crippen molar-refractivity contribution in [3.8, 4) is 0 Å². The molecule has 0 heterocycles. The lowest BCUT2D eigenvalue weighted by Gasteiger charge is -2.24. The maximum atomic E-state index is 11.8. The van der Waals surface area contributed by atoms with Crippen molar-refractivity contribution in [2.75, 3.05) is 0 Å². The van der Waals surface area contributed by atoms with Gasteiger partial charge >= 0.3 is 5.97 Å². The highest BCUT2D eigenvalue weighted by atomic mass is 16.6. The first-order chi connectivity index (χ1) is 9.20. The maximum Gasteiger partial charge on any atom is 0.303 e. The SMILES string of the molecule is C=C[C@](C)(CC/C=C(\C)C(=O)CC=C(C)C)OC(C)=O. The van der Waals surface area contributed by atoms with Gasteiger partial charge < -0.3 is 4.74 Å². The Balaban J connectivity index is 4.47. The third-order valence-corrected chi connectivity index (χ3v) is 3.04. The lowest BCUT2D eigenvalue weighted by atomic mass is 9.98. The molecule has 0 fully saturated rings. The molecule has 0 saturated heterocycles. The van der Waals surface area contributed by atoms with E-state index in [1.54, 1.807) is 6.08 Å². The molecular formula is C17H26O3. The largest absolute Gasteiger partial charge is 0.455 e. The van der Waals surface area contributed by atoms with Crippen molar-refractivity contribution in [1.29, 1.82) is 0 Å². The van der Waals surface area contributed by atoms with Gasteiger partial charge in [-0.25, -0.2) is 0 Å². The van der Waals surface area contributed by atoms with Crippen LogP contribution in [0.1, 0.15) is 53.9 Å². The van der Waals surface area contributed by atoms with Crippen molar-refractivity contribution < 1.29 is 14.3 Å². The Morgan fingerprint density at radius 2 is 1.75 bits per heavy atom. The fourth-order valence-electron chi connectivity index (χ4n) is 1.67. The molecule has 0 unspecified atom stereocenters. The summed E-state index contributed by atoms with van der Waals surface area (Å²) < 4.78 is 5.23. The van der Waals surface area contributed by atoms with E-state index in [0.29, 0.717) is 19.3 Å². The molecule has 0 radical (unpaired) electrons. The maximum absolute atomic E-state index is 11.8. The third-order valence-electron chi connectivity index (χ3n) is 3.04. The first-order valence-electron chi connectivity index (χ1n) is 6.86. The second-order valence-corrected chi connectivity index (χ2v) is 5.45. The average molecular weight is 278 g/mol. The molecule has 1 atom stereocenters. The van der Waals surface area contributed by atoms with Gasteiger partial charge in [-0.2, -0.15) is 0 Å². The zero-order valence-corrected chi connectivity index (χ0v) is 13.3. The molecule has 0 aromatic carbocycles. The summed E-state index contributed by atoms with van der Waals surface area (Å²) >= 11 is 0. The highest BCUT2D eigenvalue weighted by Gasteiger charge is 2.22. The molecular weight excluding hydrogens is 252 g/mol. The van der Waals surface area contributed by atoms with E-state index in [-0.39, 0.29) is 11.8 Å². The quantitative estimate of drug-likeness (QED) is 0.380. The van der Waals surface area contributed by atoms with Gasteiger partial charge in [0.1, 0.15) is 5.60 Å². The standard InChI is InChI=1S/C17H26O3/c1-7-17(6,20-15(5)18)12-8-9-14(4)16(19)11-10-13(2)3/h7,9-10H,1,8,11-12H2,2-6H3/b14-9+/t17-/m1/s1. The van der Waals surface area contributed by atoms with Crippen LogP contribution in [0.2, 0.25) is 0 Å². The molecule has 0 bridgehead atoms. The Labute approximate surface area is 122 Å². The second kappa shape index (κ2) is 8.51. The number of Topliss-reactive ketones (excluding diaryl/α,β-unsaturated/α-hetero) is 1. The Morgan fingerprint density at radius 1 is 1.15 bits per heavy atom. The Kier molecular flexibility index (Phi) is 7.82. The van der Waals surface area contributed by atoms with Crippen LogP contribution in [-0.4, -0.2) is 17.4 Å². The average Bonchev–Trinajstić information content (AvgIpc) is 2.34. The van der Waals surface area contributed by atoms with Gasteiger partial charge in [0.05, 0.1) is 0 Å². The smallest absolute Gasteiger partial charge is 0.303 e. The van der Waals surface area contributed by atoms with Crippen LogP contribution in [0.25, 0.3) is 0 Å². The Morgan fingerprint density at radius 3 is 2.20 bits per heavy atom. The predicted octanol–water partition coefficient (Wildman–Crippen LogP) is 4.15. The van der Waals surface area contributed by atoms with E-state index in [2.05, 4.69) is 6.58 Å². The molecule has 0 spiro atoms. The van der Waals surface area contributed by atoms with Crippen molar-refractivity contribution >= 4 is 11.8 Å². The minimum Gasteiger partial charge on any atom is -0.455 e. The van der Waals surface area contributed by atoms with Crippen LogP contribution in [0.3, 0.4) is 0 Å². The van der Waals surface area contributed by atoms with Crippen molar-refractivity contribution in [3.05, 3.63) is 36.0 Å². The summed E-state index contributed by atoms with van der Waals surface area (Å²) in [6, 6.07) is 0. The number of ether oxygens (including phenoxy) is 1. The van der Waals surface area contributed by atoms with E-state index < -0.39 is 5.60 Å². The van der Waals surface area contributed by atoms with E-state index >= 15 is 0 Å². The Bertz CT molecular complexity index is 426. The van der Waals surface area contributed by atoms with Crippen LogP contribution in [0.15, 0.2) is 36.0 Å². The number of carbonyl (C=O) groups is 2. The van der Waals surface area contributed by atoms with Gasteiger partial charge in [0.25, 0.3) is 0 Å². The fraction of sp³-hybridized carbons (Fsp3) is 0.529. The van der Waals surface area contributed by atoms with E-state index in [4.69, 9.17) is 4.74 Å². The lowest BCUT2D eigenvalue weighted by Crippen LogP contribution is -2.27. The lowest BCUT2D eigenvalue weighted by molar-refractivity contribution is -0.151. The van der Waals surface area contributed by atoms with Gasteiger partial charge in [0.15, 0.2) is 5.78 Å². The molecule has 0 saturated carbocycles. The number of hydrogen-bond donors (Lipinski definition) is 0. The molecule has 0 rings (SSSR count). The zero-order valence-electron chi connectivity index (χ0n) is 13.3. The summed E-state index contributed by atoms with van der Waals surface area (Å²) in [5, 5.41) is 0. The predicted molar refractivity (Wildman–Crippen MR) is 82.4 cm³/mol. The summed E-state index contributed by atoms with van der Waals surface area (Å²) in [5.74, 6) is -0.202. The zero-order chi connectivity index (χ0) is 15.8. The van der Waals surface area contributed by atoms with Crippen LogP contribution < -0.4 is 0 Å². The van der Waals surface area contributed by atoms with E-state index in [9.17, 15) is 9.59 Å². The topological polar surface area (TPSA) is 43.4 Å². The molecule has 0 N–H and O–H groups in total. The van der Waals surface area contributed by atoms with Gasteiger partial charge in [-0.05, 0) is 52.2 Å². The summed E-state index contributed by atoms with van der Waals surface area (Å²) in [7, 11) is 0. The van der Waals surface area contributed by atoms with Crippen molar-refractivity contribution in [3.63, 3.8) is 0 Å². The molecule has 0 aliphatic heterocycles. The minimum atomic E-state index is -0.675. The molecule has 0 aromatic rings. The number of ketones is 1. The van der Waals surface area contributed by atoms with Gasteiger partial charge in [0.2, 0.25) is 0 Å². The number of carbonyl (C=O) groups excluding carboxylic acids is 2. The number of esters is 1. The molecule has 3 heteroatoms. The first kappa shape index (κ1) is 18.4. The molecule has 20 heavy (non-hydrogen) atoms. The molecule has 0 aliphatic rings. The number of allylic oxidation sites excluding steroid dienone is 4. The van der Waals surface area contributed by atoms with Crippen LogP contribution >= 0.6 is 0 Å². The van der Waals surface area contributed by atoms with Crippen LogP contribution in [0.5, 0.6) is 0 Å². The second-order valence-electron chi connectivity index (χ2n) is 5.45. The number of rotatable bonds is 8. The van der Waals surface area contributed by atoms with Crippen LogP contribution in [0.4, 0.5) is 0 Å². The third kappa shape index (κ3) is 7.72. The van der Waals surface area contributed by atoms with Crippen molar-refractivity contribution in [2.24, 2.45) is 0 Å².